The Morgan fingerprint density at radius 3 is 2.36 bits per heavy atom. The van der Waals surface area contributed by atoms with Crippen molar-refractivity contribution in [2.45, 2.75) is 44.6 Å². The lowest BCUT2D eigenvalue weighted by Gasteiger charge is -2.32. The largest absolute Gasteiger partial charge is 0.451 e. The highest BCUT2D eigenvalue weighted by molar-refractivity contribution is 7.96. The summed E-state index contributed by atoms with van der Waals surface area (Å²) >= 11 is 3.60. The molecule has 0 bridgehead atoms. The lowest BCUT2D eigenvalue weighted by molar-refractivity contribution is 0.0133. The zero-order valence-electron chi connectivity index (χ0n) is 6.80. The summed E-state index contributed by atoms with van der Waals surface area (Å²) in [7, 11) is 0. The summed E-state index contributed by atoms with van der Waals surface area (Å²) < 4.78 is 5.10. The molecule has 0 saturated heterocycles. The molecule has 0 unspecified atom stereocenters. The molecule has 0 radical (unpaired) electrons. The molecule has 0 aliphatic heterocycles. The van der Waals surface area contributed by atoms with Gasteiger partial charge in [0.15, 0.2) is 0 Å². The van der Waals surface area contributed by atoms with Crippen LogP contribution in [0.1, 0.15) is 39.0 Å². The maximum Gasteiger partial charge on any atom is 0.364 e. The molecule has 1 aliphatic rings. The minimum Gasteiger partial charge on any atom is -0.451 e. The van der Waals surface area contributed by atoms with E-state index in [-0.39, 0.29) is 5.60 Å². The van der Waals surface area contributed by atoms with Crippen molar-refractivity contribution < 1.29 is 9.53 Å². The number of ether oxygens (including phenoxy) is 1. The summed E-state index contributed by atoms with van der Waals surface area (Å²) in [5.41, 5.74) is -0.225. The minimum absolute atomic E-state index is 0.225. The van der Waals surface area contributed by atoms with Gasteiger partial charge in [-0.2, -0.15) is 0 Å². The Bertz CT molecular complexity index is 150. The van der Waals surface area contributed by atoms with Crippen LogP contribution in [0.15, 0.2) is 0 Å². The quantitative estimate of drug-likeness (QED) is 0.488. The zero-order chi connectivity index (χ0) is 8.32. The number of hydrogen-bond donors (Lipinski definition) is 1. The maximum atomic E-state index is 10.6. The number of carbonyl (C=O) groups excluding carboxylic acids is 1. The average Bonchev–Trinajstić information content (AvgIpc) is 1.85. The Morgan fingerprint density at radius 2 is 1.91 bits per heavy atom. The number of thiol groups is 1. The van der Waals surface area contributed by atoms with E-state index in [1.165, 1.54) is 6.42 Å². The molecule has 0 aromatic heterocycles. The zero-order valence-corrected chi connectivity index (χ0v) is 7.69. The van der Waals surface area contributed by atoms with Crippen LogP contribution in [0.4, 0.5) is 4.79 Å². The molecule has 0 aromatic rings. The van der Waals surface area contributed by atoms with E-state index in [1.54, 1.807) is 0 Å². The van der Waals surface area contributed by atoms with Crippen LogP contribution in [0.25, 0.3) is 0 Å². The summed E-state index contributed by atoms with van der Waals surface area (Å²) in [6, 6.07) is 0. The summed E-state index contributed by atoms with van der Waals surface area (Å²) in [5.74, 6) is 0. The highest BCUT2D eigenvalue weighted by Gasteiger charge is 2.29. The van der Waals surface area contributed by atoms with E-state index in [2.05, 4.69) is 12.6 Å². The monoisotopic (exact) mass is 174 g/mol. The molecular weight excluding hydrogens is 160 g/mol. The van der Waals surface area contributed by atoms with Gasteiger partial charge in [-0.05, 0) is 32.6 Å². The number of carbonyl (C=O) groups is 1. The number of rotatable bonds is 1. The van der Waals surface area contributed by atoms with Crippen molar-refractivity contribution in [1.82, 2.24) is 0 Å². The molecule has 0 N–H and O–H groups in total. The molecule has 2 nitrogen and oxygen atoms in total. The van der Waals surface area contributed by atoms with Gasteiger partial charge in [0.25, 0.3) is 0 Å². The van der Waals surface area contributed by atoms with E-state index in [4.69, 9.17) is 4.74 Å². The fourth-order valence-corrected chi connectivity index (χ4v) is 1.83. The first-order valence-corrected chi connectivity index (χ1v) is 4.49. The molecule has 64 valence electrons. The minimum atomic E-state index is -0.450. The van der Waals surface area contributed by atoms with Gasteiger partial charge in [0.1, 0.15) is 5.60 Å². The lowest BCUT2D eigenvalue weighted by atomic mass is 9.86. The van der Waals surface area contributed by atoms with E-state index in [0.29, 0.717) is 0 Å². The van der Waals surface area contributed by atoms with Crippen molar-refractivity contribution in [3.63, 3.8) is 0 Å². The first kappa shape index (κ1) is 8.91. The fraction of sp³-hybridized carbons (Fsp3) is 0.875. The van der Waals surface area contributed by atoms with E-state index < -0.39 is 5.30 Å². The Balaban J connectivity index is 2.43. The van der Waals surface area contributed by atoms with Crippen molar-refractivity contribution in [3.05, 3.63) is 0 Å². The third-order valence-electron chi connectivity index (χ3n) is 2.24. The maximum absolute atomic E-state index is 10.6. The second kappa shape index (κ2) is 3.48. The molecular formula is C8H14O2S. The molecule has 1 rings (SSSR count). The van der Waals surface area contributed by atoms with E-state index in [0.717, 1.165) is 25.7 Å². The van der Waals surface area contributed by atoms with Crippen molar-refractivity contribution in [2.75, 3.05) is 0 Å². The highest BCUT2D eigenvalue weighted by Crippen LogP contribution is 2.31. The first-order valence-electron chi connectivity index (χ1n) is 4.04. The van der Waals surface area contributed by atoms with Gasteiger partial charge in [0, 0.05) is 0 Å². The predicted molar refractivity (Wildman–Crippen MR) is 47.0 cm³/mol. The van der Waals surface area contributed by atoms with Gasteiger partial charge >= 0.3 is 5.30 Å². The highest BCUT2D eigenvalue weighted by atomic mass is 32.1. The molecule has 0 heterocycles. The van der Waals surface area contributed by atoms with Crippen molar-refractivity contribution in [3.8, 4) is 0 Å². The van der Waals surface area contributed by atoms with Crippen LogP contribution in [-0.4, -0.2) is 10.9 Å². The molecule has 0 spiro atoms. The third-order valence-corrected chi connectivity index (χ3v) is 2.34. The average molecular weight is 174 g/mol. The Kier molecular flexibility index (Phi) is 2.82. The molecule has 0 amide bonds. The van der Waals surface area contributed by atoms with Crippen LogP contribution in [0.2, 0.25) is 0 Å². The smallest absolute Gasteiger partial charge is 0.364 e. The van der Waals surface area contributed by atoms with E-state index in [9.17, 15) is 4.79 Å². The SMILES string of the molecule is CC1(OC(=O)S)CCCCC1. The molecule has 0 atom stereocenters. The van der Waals surface area contributed by atoms with Gasteiger partial charge in [-0.3, -0.25) is 0 Å². The summed E-state index contributed by atoms with van der Waals surface area (Å²) in [6.45, 7) is 1.99. The third kappa shape index (κ3) is 2.73. The predicted octanol–water partition coefficient (Wildman–Crippen LogP) is 2.78. The van der Waals surface area contributed by atoms with Crippen LogP contribution >= 0.6 is 12.6 Å². The van der Waals surface area contributed by atoms with Gasteiger partial charge in [0.2, 0.25) is 0 Å². The van der Waals surface area contributed by atoms with Gasteiger partial charge in [0.05, 0.1) is 0 Å². The molecule has 11 heavy (non-hydrogen) atoms. The van der Waals surface area contributed by atoms with Gasteiger partial charge in [-0.15, -0.1) is 0 Å². The van der Waals surface area contributed by atoms with Crippen molar-refractivity contribution in [1.29, 1.82) is 0 Å². The molecule has 1 fully saturated rings. The Morgan fingerprint density at radius 1 is 1.36 bits per heavy atom. The molecule has 1 aliphatic carbocycles. The van der Waals surface area contributed by atoms with Gasteiger partial charge in [-0.1, -0.05) is 19.0 Å². The van der Waals surface area contributed by atoms with Crippen molar-refractivity contribution in [2.24, 2.45) is 0 Å². The standard InChI is InChI=1S/C8H14O2S/c1-8(10-7(9)11)5-3-2-4-6-8/h2-6H2,1H3,(H,9,11). The van der Waals surface area contributed by atoms with Crippen molar-refractivity contribution >= 4 is 17.9 Å². The fourth-order valence-electron chi connectivity index (χ4n) is 1.61. The van der Waals surface area contributed by atoms with Gasteiger partial charge in [-0.25, -0.2) is 4.79 Å². The number of hydrogen-bond acceptors (Lipinski definition) is 2. The second-order valence-corrected chi connectivity index (χ2v) is 3.74. The lowest BCUT2D eigenvalue weighted by Crippen LogP contribution is -2.32. The van der Waals surface area contributed by atoms with Crippen LogP contribution in [-0.2, 0) is 4.74 Å². The van der Waals surface area contributed by atoms with Crippen LogP contribution in [0.5, 0.6) is 0 Å². The van der Waals surface area contributed by atoms with Crippen LogP contribution in [0.3, 0.4) is 0 Å². The summed E-state index contributed by atoms with van der Waals surface area (Å²) in [6.07, 6.45) is 5.56. The molecule has 3 heteroatoms. The Hall–Kier alpha value is -0.180. The second-order valence-electron chi connectivity index (χ2n) is 3.38. The van der Waals surface area contributed by atoms with Crippen LogP contribution < -0.4 is 0 Å². The topological polar surface area (TPSA) is 26.3 Å². The normalized spacial score (nSPS) is 22.7. The van der Waals surface area contributed by atoms with Gasteiger partial charge < -0.3 is 4.74 Å². The van der Waals surface area contributed by atoms with E-state index >= 15 is 0 Å². The van der Waals surface area contributed by atoms with Crippen LogP contribution in [0, 0.1) is 0 Å². The molecule has 1 saturated carbocycles. The van der Waals surface area contributed by atoms with E-state index in [1.807, 2.05) is 6.92 Å². The summed E-state index contributed by atoms with van der Waals surface area (Å²) in [4.78, 5) is 10.6. The first-order chi connectivity index (χ1) is 5.12. The Labute approximate surface area is 72.7 Å². The molecule has 0 aromatic carbocycles. The summed E-state index contributed by atoms with van der Waals surface area (Å²) in [5, 5.41) is -0.450.